The minimum atomic E-state index is -0.793. The average molecular weight is 473 g/mol. The number of allylic oxidation sites excluding steroid dienone is 2. The van der Waals surface area contributed by atoms with Crippen LogP contribution in [0.25, 0.3) is 0 Å². The van der Waals surface area contributed by atoms with Crippen molar-refractivity contribution in [2.75, 3.05) is 0 Å². The largest absolute Gasteiger partial charge is 0.481 e. The Labute approximate surface area is 178 Å². The molecule has 0 saturated heterocycles. The number of aryl methyl sites for hydroxylation is 1. The van der Waals surface area contributed by atoms with Crippen LogP contribution in [-0.2, 0) is 11.2 Å². The Hall–Kier alpha value is -0.990. The number of hydrogen-bond donors (Lipinski definition) is 4. The van der Waals surface area contributed by atoms with E-state index in [1.54, 1.807) is 17.4 Å². The van der Waals surface area contributed by atoms with Crippen molar-refractivity contribution in [3.05, 3.63) is 45.1 Å². The van der Waals surface area contributed by atoms with Crippen LogP contribution in [0.1, 0.15) is 43.4 Å². The lowest BCUT2D eigenvalue weighted by Gasteiger charge is -2.19. The highest BCUT2D eigenvalue weighted by Gasteiger charge is 2.39. The molecule has 0 radical (unpaired) electrons. The van der Waals surface area contributed by atoms with Crippen molar-refractivity contribution in [2.24, 2.45) is 11.8 Å². The molecule has 1 aliphatic rings. The molecule has 4 N–H and O–H groups in total. The van der Waals surface area contributed by atoms with E-state index in [-0.39, 0.29) is 18.3 Å². The van der Waals surface area contributed by atoms with Gasteiger partial charge in [0.2, 0.25) is 0 Å². The number of carboxylic acids is 1. The molecule has 2 rings (SSSR count). The molecule has 3 unspecified atom stereocenters. The Bertz CT molecular complexity index is 672. The van der Waals surface area contributed by atoms with Gasteiger partial charge in [-0.25, -0.2) is 0 Å². The maximum Gasteiger partial charge on any atom is 0.303 e. The predicted octanol–water partition coefficient (Wildman–Crippen LogP) is 3.92. The zero-order chi connectivity index (χ0) is 20.5. The van der Waals surface area contributed by atoms with E-state index in [0.29, 0.717) is 32.1 Å². The first kappa shape index (κ1) is 23.3. The van der Waals surface area contributed by atoms with Crippen molar-refractivity contribution >= 4 is 33.2 Å². The molecule has 1 aromatic rings. The molecule has 1 aromatic heterocycles. The summed E-state index contributed by atoms with van der Waals surface area (Å²) in [7, 11) is 0. The second-order valence-corrected chi connectivity index (χ2v) is 9.85. The van der Waals surface area contributed by atoms with Crippen LogP contribution in [0.5, 0.6) is 0 Å². The molecule has 0 aliphatic heterocycles. The summed E-state index contributed by atoms with van der Waals surface area (Å²) in [6.07, 6.45) is 9.51. The fraction of sp³-hybridized carbons (Fsp3) is 0.571. The van der Waals surface area contributed by atoms with Gasteiger partial charge in [0.05, 0.1) is 22.1 Å². The summed E-state index contributed by atoms with van der Waals surface area (Å²) >= 11 is 5.09. The first-order valence-electron chi connectivity index (χ1n) is 9.70. The number of carboxylic acid groups (broad SMARTS) is 1. The minimum Gasteiger partial charge on any atom is -0.481 e. The molecular formula is C21H29BrO5S. The maximum absolute atomic E-state index is 10.5. The topological polar surface area (TPSA) is 98.0 Å². The lowest BCUT2D eigenvalue weighted by molar-refractivity contribution is -0.137. The van der Waals surface area contributed by atoms with E-state index in [2.05, 4.69) is 15.9 Å². The van der Waals surface area contributed by atoms with Crippen LogP contribution >= 0.6 is 27.3 Å². The molecule has 5 nitrogen and oxygen atoms in total. The fourth-order valence-corrected chi connectivity index (χ4v) is 5.08. The van der Waals surface area contributed by atoms with Gasteiger partial charge in [-0.2, -0.15) is 0 Å². The van der Waals surface area contributed by atoms with Gasteiger partial charge in [-0.1, -0.05) is 24.3 Å². The van der Waals surface area contributed by atoms with E-state index in [1.165, 1.54) is 4.88 Å². The minimum absolute atomic E-state index is 0.0950. The van der Waals surface area contributed by atoms with Gasteiger partial charge in [0.25, 0.3) is 0 Å². The molecule has 1 fully saturated rings. The number of thiophene rings is 1. The van der Waals surface area contributed by atoms with E-state index in [1.807, 2.05) is 30.4 Å². The third kappa shape index (κ3) is 7.79. The molecule has 156 valence electrons. The van der Waals surface area contributed by atoms with Crippen LogP contribution in [0.4, 0.5) is 0 Å². The van der Waals surface area contributed by atoms with Crippen LogP contribution < -0.4 is 0 Å². The standard InChI is InChI=1S/C21H29BrO5S/c22-20-12-10-15(28-20)9-7-14(23)8-11-17-16(18(24)13-19(17)25)5-3-1-2-4-6-21(26)27/h1,3,8,10-12,14,16-19,23-25H,2,4-7,9,13H2,(H,26,27)/b3-1-,11-8+/t14?,16-,17-,18?,19?/m1/s1. The van der Waals surface area contributed by atoms with Gasteiger partial charge in [0.15, 0.2) is 0 Å². The summed E-state index contributed by atoms with van der Waals surface area (Å²) in [5, 5.41) is 39.4. The lowest BCUT2D eigenvalue weighted by Crippen LogP contribution is -2.20. The first-order valence-corrected chi connectivity index (χ1v) is 11.3. The van der Waals surface area contributed by atoms with Crippen LogP contribution in [0, 0.1) is 11.8 Å². The van der Waals surface area contributed by atoms with Crippen molar-refractivity contribution in [1.29, 1.82) is 0 Å². The molecule has 1 heterocycles. The number of unbranched alkanes of at least 4 members (excludes halogenated alkanes) is 1. The van der Waals surface area contributed by atoms with Gasteiger partial charge in [-0.3, -0.25) is 4.79 Å². The molecule has 0 amide bonds. The Morgan fingerprint density at radius 1 is 1.29 bits per heavy atom. The zero-order valence-corrected chi connectivity index (χ0v) is 18.2. The van der Waals surface area contributed by atoms with Crippen molar-refractivity contribution in [3.63, 3.8) is 0 Å². The van der Waals surface area contributed by atoms with Gasteiger partial charge < -0.3 is 20.4 Å². The molecule has 0 aromatic carbocycles. The van der Waals surface area contributed by atoms with E-state index in [9.17, 15) is 20.1 Å². The number of aliphatic hydroxyl groups excluding tert-OH is 3. The summed E-state index contributed by atoms with van der Waals surface area (Å²) in [5.74, 6) is -1.08. The molecule has 1 aliphatic carbocycles. The predicted molar refractivity (Wildman–Crippen MR) is 114 cm³/mol. The van der Waals surface area contributed by atoms with E-state index in [4.69, 9.17) is 5.11 Å². The molecule has 1 saturated carbocycles. The van der Waals surface area contributed by atoms with Crippen LogP contribution in [0.3, 0.4) is 0 Å². The Morgan fingerprint density at radius 2 is 2.07 bits per heavy atom. The Balaban J connectivity index is 1.81. The summed E-state index contributed by atoms with van der Waals surface area (Å²) in [6.45, 7) is 0. The summed E-state index contributed by atoms with van der Waals surface area (Å²) in [5.41, 5.74) is 0. The number of aliphatic carboxylic acids is 1. The highest BCUT2D eigenvalue weighted by molar-refractivity contribution is 9.11. The highest BCUT2D eigenvalue weighted by atomic mass is 79.9. The molecule has 0 spiro atoms. The highest BCUT2D eigenvalue weighted by Crippen LogP contribution is 2.36. The summed E-state index contributed by atoms with van der Waals surface area (Å²) in [6, 6.07) is 4.04. The number of hydrogen-bond acceptors (Lipinski definition) is 5. The van der Waals surface area contributed by atoms with Gasteiger partial charge in [-0.05, 0) is 66.1 Å². The second kappa shape index (κ2) is 11.9. The number of halogens is 1. The van der Waals surface area contributed by atoms with Crippen molar-refractivity contribution in [2.45, 2.75) is 63.3 Å². The van der Waals surface area contributed by atoms with Gasteiger partial charge >= 0.3 is 5.97 Å². The Morgan fingerprint density at radius 3 is 2.75 bits per heavy atom. The second-order valence-electron chi connectivity index (χ2n) is 7.30. The van der Waals surface area contributed by atoms with Gasteiger partial charge in [0.1, 0.15) is 0 Å². The number of aliphatic hydroxyl groups is 3. The van der Waals surface area contributed by atoms with Crippen LogP contribution in [0.15, 0.2) is 40.2 Å². The molecule has 28 heavy (non-hydrogen) atoms. The van der Waals surface area contributed by atoms with Crippen molar-refractivity contribution in [1.82, 2.24) is 0 Å². The summed E-state index contributed by atoms with van der Waals surface area (Å²) < 4.78 is 1.08. The van der Waals surface area contributed by atoms with E-state index >= 15 is 0 Å². The Kier molecular flexibility index (Phi) is 9.88. The van der Waals surface area contributed by atoms with Crippen molar-refractivity contribution in [3.8, 4) is 0 Å². The van der Waals surface area contributed by atoms with Gasteiger partial charge in [0, 0.05) is 23.6 Å². The summed E-state index contributed by atoms with van der Waals surface area (Å²) in [4.78, 5) is 11.7. The normalized spacial score (nSPS) is 26.4. The smallest absolute Gasteiger partial charge is 0.303 e. The quantitative estimate of drug-likeness (QED) is 0.289. The third-order valence-electron chi connectivity index (χ3n) is 5.12. The molecule has 0 bridgehead atoms. The monoisotopic (exact) mass is 472 g/mol. The molecule has 5 atom stereocenters. The van der Waals surface area contributed by atoms with Crippen LogP contribution in [-0.4, -0.2) is 44.7 Å². The maximum atomic E-state index is 10.5. The molecule has 7 heteroatoms. The first-order chi connectivity index (χ1) is 13.4. The lowest BCUT2D eigenvalue weighted by atomic mass is 9.89. The van der Waals surface area contributed by atoms with E-state index < -0.39 is 24.3 Å². The van der Waals surface area contributed by atoms with Crippen LogP contribution in [0.2, 0.25) is 0 Å². The average Bonchev–Trinajstić information content (AvgIpc) is 3.16. The third-order valence-corrected chi connectivity index (χ3v) is 6.81. The van der Waals surface area contributed by atoms with Gasteiger partial charge in [-0.15, -0.1) is 11.3 Å². The SMILES string of the molecule is O=C(O)CCC/C=C\C[C@H]1C(O)CC(O)[C@@H]1/C=C/C(O)CCc1ccc(Br)s1. The van der Waals surface area contributed by atoms with Crippen molar-refractivity contribution < 1.29 is 25.2 Å². The zero-order valence-electron chi connectivity index (χ0n) is 15.8. The fourth-order valence-electron chi connectivity index (χ4n) is 3.58. The van der Waals surface area contributed by atoms with E-state index in [0.717, 1.165) is 10.2 Å². The number of rotatable bonds is 11. The molecular weight excluding hydrogens is 444 g/mol. The number of carbonyl (C=O) groups is 1.